The molecule has 1 amide bonds. The zero-order chi connectivity index (χ0) is 11.1. The van der Waals surface area contributed by atoms with Gasteiger partial charge in [-0.2, -0.15) is 0 Å². The lowest BCUT2D eigenvalue weighted by Gasteiger charge is -2.26. The molecule has 4 heteroatoms. The predicted octanol–water partition coefficient (Wildman–Crippen LogP) is -1.30. The van der Waals surface area contributed by atoms with Gasteiger partial charge in [0.25, 0.3) is 0 Å². The van der Waals surface area contributed by atoms with E-state index in [-0.39, 0.29) is 12.4 Å². The third kappa shape index (κ3) is 4.81. The highest BCUT2D eigenvalue weighted by molar-refractivity contribution is 5.70. The molecule has 1 saturated heterocycles. The molecule has 1 unspecified atom stereocenters. The van der Waals surface area contributed by atoms with Crippen LogP contribution in [0.5, 0.6) is 0 Å². The summed E-state index contributed by atoms with van der Waals surface area (Å²) in [5.74, 6) is 0.422. The summed E-state index contributed by atoms with van der Waals surface area (Å²) >= 11 is 0. The molecular weight excluding hydrogens is 226 g/mol. The van der Waals surface area contributed by atoms with Crippen LogP contribution in [0.3, 0.4) is 0 Å². The minimum atomic E-state index is 0. The maximum atomic E-state index is 11.6. The number of aliphatic hydroxyl groups excluding tert-OH is 1. The van der Waals surface area contributed by atoms with Gasteiger partial charge in [0.05, 0.1) is 26.6 Å². The largest absolute Gasteiger partial charge is 1.00 e. The van der Waals surface area contributed by atoms with Gasteiger partial charge in [0.2, 0.25) is 0 Å². The number of unbranched alkanes of at least 4 members (excludes halogenated alkanes) is 4. The first-order valence-electron chi connectivity index (χ1n) is 6.18. The molecular formula is C12H24ClNO2. The van der Waals surface area contributed by atoms with Crippen LogP contribution in [0.15, 0.2) is 0 Å². The SMILES string of the molecule is C[N+]1(CCCCCCCO)CCCC1=O.[Cl-]. The van der Waals surface area contributed by atoms with Gasteiger partial charge in [0, 0.05) is 13.0 Å². The quantitative estimate of drug-likeness (QED) is 0.450. The Morgan fingerprint density at radius 1 is 1.19 bits per heavy atom. The maximum absolute atomic E-state index is 11.6. The van der Waals surface area contributed by atoms with Crippen molar-refractivity contribution in [2.24, 2.45) is 0 Å². The summed E-state index contributed by atoms with van der Waals surface area (Å²) in [6, 6.07) is 0. The van der Waals surface area contributed by atoms with Crippen molar-refractivity contribution in [3.63, 3.8) is 0 Å². The van der Waals surface area contributed by atoms with Crippen LogP contribution in [-0.2, 0) is 4.79 Å². The van der Waals surface area contributed by atoms with Crippen molar-refractivity contribution in [3.05, 3.63) is 0 Å². The van der Waals surface area contributed by atoms with E-state index in [9.17, 15) is 4.79 Å². The summed E-state index contributed by atoms with van der Waals surface area (Å²) in [6.07, 6.45) is 7.42. The Morgan fingerprint density at radius 2 is 1.81 bits per heavy atom. The molecule has 1 aliphatic rings. The minimum absolute atomic E-state index is 0. The number of hydrogen-bond donors (Lipinski definition) is 1. The van der Waals surface area contributed by atoms with Crippen molar-refractivity contribution in [2.45, 2.75) is 44.9 Å². The van der Waals surface area contributed by atoms with E-state index in [1.807, 2.05) is 0 Å². The third-order valence-corrected chi connectivity index (χ3v) is 3.45. The van der Waals surface area contributed by atoms with Crippen LogP contribution in [0, 0.1) is 0 Å². The summed E-state index contributed by atoms with van der Waals surface area (Å²) in [4.78, 5) is 11.6. The molecule has 96 valence electrons. The number of aliphatic hydroxyl groups is 1. The van der Waals surface area contributed by atoms with E-state index in [0.29, 0.717) is 17.0 Å². The predicted molar refractivity (Wildman–Crippen MR) is 60.3 cm³/mol. The second-order valence-corrected chi connectivity index (χ2v) is 4.83. The normalized spacial score (nSPS) is 24.5. The van der Waals surface area contributed by atoms with Crippen molar-refractivity contribution in [3.8, 4) is 0 Å². The standard InChI is InChI=1S/C12H24NO2.ClH/c1-13(10-7-8-12(13)15)9-5-3-2-4-6-11-14;/h14H,2-11H2,1H3;1H/q+1;/p-1. The first kappa shape index (κ1) is 15.9. The molecule has 1 N–H and O–H groups in total. The molecule has 1 aliphatic heterocycles. The van der Waals surface area contributed by atoms with Gasteiger partial charge in [-0.15, -0.1) is 0 Å². The van der Waals surface area contributed by atoms with E-state index in [1.54, 1.807) is 0 Å². The molecule has 3 nitrogen and oxygen atoms in total. The minimum Gasteiger partial charge on any atom is -1.00 e. The second-order valence-electron chi connectivity index (χ2n) is 4.83. The van der Waals surface area contributed by atoms with Crippen LogP contribution in [0.4, 0.5) is 0 Å². The van der Waals surface area contributed by atoms with E-state index >= 15 is 0 Å². The summed E-state index contributed by atoms with van der Waals surface area (Å²) in [7, 11) is 2.07. The summed E-state index contributed by atoms with van der Waals surface area (Å²) in [5.41, 5.74) is 0. The zero-order valence-electron chi connectivity index (χ0n) is 10.3. The number of likely N-dealkylation sites (tertiary alicyclic amines) is 1. The van der Waals surface area contributed by atoms with Crippen LogP contribution >= 0.6 is 0 Å². The maximum Gasteiger partial charge on any atom is 0.313 e. The number of rotatable bonds is 7. The van der Waals surface area contributed by atoms with E-state index in [4.69, 9.17) is 5.11 Å². The molecule has 0 aliphatic carbocycles. The molecule has 0 aromatic rings. The van der Waals surface area contributed by atoms with E-state index < -0.39 is 0 Å². The van der Waals surface area contributed by atoms with Gasteiger partial charge in [-0.25, -0.2) is 4.79 Å². The smallest absolute Gasteiger partial charge is 0.313 e. The number of quaternary nitrogens is 1. The van der Waals surface area contributed by atoms with E-state index in [2.05, 4.69) is 7.05 Å². The molecule has 1 atom stereocenters. The zero-order valence-corrected chi connectivity index (χ0v) is 11.0. The van der Waals surface area contributed by atoms with Crippen molar-refractivity contribution in [1.29, 1.82) is 0 Å². The van der Waals surface area contributed by atoms with E-state index in [0.717, 1.165) is 45.2 Å². The van der Waals surface area contributed by atoms with Gasteiger partial charge in [0.15, 0.2) is 0 Å². The first-order chi connectivity index (χ1) is 7.19. The number of carbonyl (C=O) groups excluding carboxylic acids is 1. The van der Waals surface area contributed by atoms with E-state index in [1.165, 1.54) is 12.8 Å². The second kappa shape index (κ2) is 8.04. The molecule has 1 rings (SSSR count). The fraction of sp³-hybridized carbons (Fsp3) is 0.917. The molecule has 0 radical (unpaired) electrons. The number of carbonyl (C=O) groups is 1. The topological polar surface area (TPSA) is 37.3 Å². The number of halogens is 1. The molecule has 0 spiro atoms. The molecule has 0 saturated carbocycles. The van der Waals surface area contributed by atoms with Crippen molar-refractivity contribution in [2.75, 3.05) is 26.7 Å². The molecule has 0 aromatic heterocycles. The highest BCUT2D eigenvalue weighted by Gasteiger charge is 2.35. The van der Waals surface area contributed by atoms with Crippen LogP contribution < -0.4 is 12.4 Å². The summed E-state index contributed by atoms with van der Waals surface area (Å²) in [6.45, 7) is 2.36. The molecule has 0 aromatic carbocycles. The molecule has 0 bridgehead atoms. The monoisotopic (exact) mass is 249 g/mol. The Hall–Kier alpha value is -0.120. The van der Waals surface area contributed by atoms with Crippen molar-refractivity contribution >= 4 is 5.91 Å². The molecule has 1 heterocycles. The summed E-state index contributed by atoms with van der Waals surface area (Å²) < 4.78 is 0.667. The van der Waals surface area contributed by atoms with Crippen LogP contribution in [-0.4, -0.2) is 42.2 Å². The number of nitrogens with zero attached hydrogens (tertiary/aromatic N) is 1. The van der Waals surface area contributed by atoms with Crippen LogP contribution in [0.2, 0.25) is 0 Å². The van der Waals surface area contributed by atoms with Gasteiger partial charge in [-0.3, -0.25) is 4.48 Å². The average molecular weight is 250 g/mol. The third-order valence-electron chi connectivity index (χ3n) is 3.45. The van der Waals surface area contributed by atoms with Gasteiger partial charge in [-0.05, 0) is 19.3 Å². The highest BCUT2D eigenvalue weighted by Crippen LogP contribution is 2.19. The van der Waals surface area contributed by atoms with Gasteiger partial charge < -0.3 is 17.5 Å². The van der Waals surface area contributed by atoms with Crippen molar-refractivity contribution in [1.82, 2.24) is 0 Å². The average Bonchev–Trinajstić information content (AvgIpc) is 2.54. The van der Waals surface area contributed by atoms with Crippen molar-refractivity contribution < 1.29 is 26.8 Å². The molecule has 16 heavy (non-hydrogen) atoms. The number of hydrogen-bond acceptors (Lipinski definition) is 2. The lowest BCUT2D eigenvalue weighted by atomic mass is 10.1. The lowest BCUT2D eigenvalue weighted by Crippen LogP contribution is -3.00. The summed E-state index contributed by atoms with van der Waals surface area (Å²) in [5, 5.41) is 8.62. The number of amides is 1. The van der Waals surface area contributed by atoms with Crippen LogP contribution in [0.1, 0.15) is 44.9 Å². The Bertz CT molecular complexity index is 211. The fourth-order valence-electron chi connectivity index (χ4n) is 2.31. The Morgan fingerprint density at radius 3 is 2.38 bits per heavy atom. The van der Waals surface area contributed by atoms with Gasteiger partial charge in [0.1, 0.15) is 0 Å². The lowest BCUT2D eigenvalue weighted by molar-refractivity contribution is -0.826. The molecule has 1 fully saturated rings. The highest BCUT2D eigenvalue weighted by atomic mass is 35.5. The Balaban J connectivity index is 0.00000225. The Labute approximate surface area is 105 Å². The Kier molecular flexibility index (Phi) is 7.98. The van der Waals surface area contributed by atoms with Gasteiger partial charge in [-0.1, -0.05) is 12.8 Å². The first-order valence-corrected chi connectivity index (χ1v) is 6.18. The van der Waals surface area contributed by atoms with Gasteiger partial charge >= 0.3 is 5.91 Å². The fourth-order valence-corrected chi connectivity index (χ4v) is 2.31. The van der Waals surface area contributed by atoms with Crippen LogP contribution in [0.25, 0.3) is 0 Å².